The van der Waals surface area contributed by atoms with Crippen LogP contribution in [0.4, 0.5) is 26.3 Å². The molecule has 11 heteroatoms. The summed E-state index contributed by atoms with van der Waals surface area (Å²) in [4.78, 5) is 26.0. The zero-order valence-corrected chi connectivity index (χ0v) is 21.2. The maximum atomic E-state index is 13.5. The van der Waals surface area contributed by atoms with E-state index in [1.807, 2.05) is 30.3 Å². The van der Waals surface area contributed by atoms with Gasteiger partial charge in [-0.1, -0.05) is 30.3 Å². The first kappa shape index (κ1) is 28.9. The van der Waals surface area contributed by atoms with Crippen molar-refractivity contribution in [3.8, 4) is 0 Å². The van der Waals surface area contributed by atoms with Gasteiger partial charge in [0.25, 0.3) is 5.91 Å². The van der Waals surface area contributed by atoms with Crippen molar-refractivity contribution in [2.45, 2.75) is 62.3 Å². The Morgan fingerprint density at radius 3 is 1.95 bits per heavy atom. The maximum absolute atomic E-state index is 13.5. The van der Waals surface area contributed by atoms with Crippen molar-refractivity contribution in [1.29, 1.82) is 0 Å². The molecule has 2 amide bonds. The highest BCUT2D eigenvalue weighted by Gasteiger charge is 2.42. The summed E-state index contributed by atoms with van der Waals surface area (Å²) in [6.45, 7) is 1.60. The van der Waals surface area contributed by atoms with E-state index in [9.17, 15) is 35.9 Å². The molecule has 0 aromatic heterocycles. The minimum absolute atomic E-state index is 0.00188. The summed E-state index contributed by atoms with van der Waals surface area (Å²) in [6, 6.07) is 10.5. The summed E-state index contributed by atoms with van der Waals surface area (Å²) in [6.07, 6.45) is -6.03. The van der Waals surface area contributed by atoms with E-state index < -0.39 is 40.4 Å². The molecule has 0 atom stereocenters. The Hall–Kier alpha value is -3.08. The number of piperidine rings is 1. The Morgan fingerprint density at radius 2 is 1.41 bits per heavy atom. The number of carbonyl (C=O) groups excluding carboxylic acids is 2. The molecule has 1 saturated carbocycles. The lowest BCUT2D eigenvalue weighted by atomic mass is 9.72. The zero-order chi connectivity index (χ0) is 28.3. The molecule has 0 spiro atoms. The quantitative estimate of drug-likeness (QED) is 0.416. The number of amides is 2. The standard InChI is InChI=1S/C28H31F6N3O2/c29-27(30,31)21-14-19(15-22(16-21)28(32,33)34)24(38)36-17-18-6-8-23(9-7-18)37-25(39)26(10-12-35-13-11-26)20-4-2-1-3-5-20/h1-5,14-16,18,23,35H,6-13,17H2,(H,36,38)(H,37,39)/t18-,23-. The van der Waals surface area contributed by atoms with Crippen LogP contribution < -0.4 is 16.0 Å². The fraction of sp³-hybridized carbons (Fsp3) is 0.500. The predicted octanol–water partition coefficient (Wildman–Crippen LogP) is 5.45. The maximum Gasteiger partial charge on any atom is 0.416 e. The third kappa shape index (κ3) is 6.93. The molecule has 2 fully saturated rings. The number of benzene rings is 2. The minimum Gasteiger partial charge on any atom is -0.353 e. The molecule has 212 valence electrons. The molecule has 1 saturated heterocycles. The number of carbonyl (C=O) groups is 2. The van der Waals surface area contributed by atoms with Gasteiger partial charge in [-0.25, -0.2) is 0 Å². The highest BCUT2D eigenvalue weighted by atomic mass is 19.4. The Morgan fingerprint density at radius 1 is 0.846 bits per heavy atom. The summed E-state index contributed by atoms with van der Waals surface area (Å²) >= 11 is 0. The first-order valence-electron chi connectivity index (χ1n) is 13.0. The van der Waals surface area contributed by atoms with Gasteiger partial charge in [0.05, 0.1) is 16.5 Å². The molecule has 3 N–H and O–H groups in total. The summed E-state index contributed by atoms with van der Waals surface area (Å²) in [5.74, 6) is -0.994. The van der Waals surface area contributed by atoms with Gasteiger partial charge in [-0.15, -0.1) is 0 Å². The summed E-state index contributed by atoms with van der Waals surface area (Å²) in [5, 5.41) is 9.01. The number of hydrogen-bond acceptors (Lipinski definition) is 3. The molecular formula is C28H31F6N3O2. The molecule has 2 aliphatic rings. The van der Waals surface area contributed by atoms with Gasteiger partial charge in [0, 0.05) is 18.2 Å². The molecule has 1 aliphatic heterocycles. The monoisotopic (exact) mass is 555 g/mol. The molecule has 1 heterocycles. The number of alkyl halides is 6. The highest BCUT2D eigenvalue weighted by Crippen LogP contribution is 2.37. The summed E-state index contributed by atoms with van der Waals surface area (Å²) in [5.41, 5.74) is -3.35. The molecule has 39 heavy (non-hydrogen) atoms. The molecule has 5 nitrogen and oxygen atoms in total. The SMILES string of the molecule is O=C(NC[C@H]1CC[C@H](NC(=O)C2(c3ccccc3)CCNCC2)CC1)c1cc(C(F)(F)F)cc(C(F)(F)F)c1. The number of rotatable bonds is 6. The fourth-order valence-electron chi connectivity index (χ4n) is 5.52. The van der Waals surface area contributed by atoms with E-state index in [1.165, 1.54) is 0 Å². The second-order valence-corrected chi connectivity index (χ2v) is 10.4. The van der Waals surface area contributed by atoms with E-state index >= 15 is 0 Å². The molecular weight excluding hydrogens is 524 g/mol. The largest absolute Gasteiger partial charge is 0.416 e. The van der Waals surface area contributed by atoms with Crippen molar-refractivity contribution in [3.63, 3.8) is 0 Å². The van der Waals surface area contributed by atoms with Crippen molar-refractivity contribution in [2.24, 2.45) is 5.92 Å². The third-order valence-corrected chi connectivity index (χ3v) is 7.80. The second kappa shape index (κ2) is 11.6. The molecule has 2 aromatic carbocycles. The number of hydrogen-bond donors (Lipinski definition) is 3. The van der Waals surface area contributed by atoms with E-state index in [4.69, 9.17) is 0 Å². The van der Waals surface area contributed by atoms with Crippen LogP contribution in [-0.2, 0) is 22.6 Å². The number of halogens is 6. The van der Waals surface area contributed by atoms with Crippen molar-refractivity contribution >= 4 is 11.8 Å². The lowest BCUT2D eigenvalue weighted by Crippen LogP contribution is -2.53. The van der Waals surface area contributed by atoms with E-state index in [1.54, 1.807) is 0 Å². The second-order valence-electron chi connectivity index (χ2n) is 10.4. The molecule has 0 unspecified atom stereocenters. The zero-order valence-electron chi connectivity index (χ0n) is 21.2. The predicted molar refractivity (Wildman–Crippen MR) is 133 cm³/mol. The first-order chi connectivity index (χ1) is 18.4. The molecule has 2 aromatic rings. The molecule has 4 rings (SSSR count). The van der Waals surface area contributed by atoms with Gasteiger partial charge in [-0.3, -0.25) is 9.59 Å². The van der Waals surface area contributed by atoms with Gasteiger partial charge in [0.1, 0.15) is 0 Å². The van der Waals surface area contributed by atoms with Crippen LogP contribution in [0, 0.1) is 5.92 Å². The molecule has 1 aliphatic carbocycles. The summed E-state index contributed by atoms with van der Waals surface area (Å²) in [7, 11) is 0. The average Bonchev–Trinajstić information content (AvgIpc) is 2.92. The van der Waals surface area contributed by atoms with Crippen LogP contribution in [0.1, 0.15) is 65.6 Å². The Balaban J connectivity index is 1.33. The van der Waals surface area contributed by atoms with Crippen molar-refractivity contribution in [2.75, 3.05) is 19.6 Å². The van der Waals surface area contributed by atoms with E-state index in [0.29, 0.717) is 50.7 Å². The highest BCUT2D eigenvalue weighted by molar-refractivity contribution is 5.94. The van der Waals surface area contributed by atoms with Crippen molar-refractivity contribution in [1.82, 2.24) is 16.0 Å². The van der Waals surface area contributed by atoms with Gasteiger partial charge in [-0.2, -0.15) is 26.3 Å². The average molecular weight is 556 g/mol. The lowest BCUT2D eigenvalue weighted by molar-refractivity contribution is -0.143. The van der Waals surface area contributed by atoms with Gasteiger partial charge >= 0.3 is 12.4 Å². The van der Waals surface area contributed by atoms with Crippen LogP contribution in [0.5, 0.6) is 0 Å². The smallest absolute Gasteiger partial charge is 0.353 e. The topological polar surface area (TPSA) is 70.2 Å². The van der Waals surface area contributed by atoms with Crippen LogP contribution in [0.2, 0.25) is 0 Å². The van der Waals surface area contributed by atoms with Gasteiger partial charge in [0.2, 0.25) is 5.91 Å². The van der Waals surface area contributed by atoms with E-state index in [2.05, 4.69) is 16.0 Å². The third-order valence-electron chi connectivity index (χ3n) is 7.80. The van der Waals surface area contributed by atoms with Crippen LogP contribution in [-0.4, -0.2) is 37.5 Å². The minimum atomic E-state index is -5.02. The lowest BCUT2D eigenvalue weighted by Gasteiger charge is -2.39. The molecule has 0 radical (unpaired) electrons. The van der Waals surface area contributed by atoms with Crippen LogP contribution >= 0.6 is 0 Å². The van der Waals surface area contributed by atoms with Gasteiger partial charge < -0.3 is 16.0 Å². The Bertz CT molecular complexity index is 1120. The van der Waals surface area contributed by atoms with E-state index in [-0.39, 0.29) is 30.5 Å². The fourth-order valence-corrected chi connectivity index (χ4v) is 5.52. The first-order valence-corrected chi connectivity index (χ1v) is 13.0. The molecule has 0 bridgehead atoms. The van der Waals surface area contributed by atoms with Crippen LogP contribution in [0.25, 0.3) is 0 Å². The number of nitrogens with one attached hydrogen (secondary N) is 3. The van der Waals surface area contributed by atoms with Gasteiger partial charge in [0.15, 0.2) is 0 Å². The van der Waals surface area contributed by atoms with Crippen molar-refractivity contribution in [3.05, 3.63) is 70.8 Å². The van der Waals surface area contributed by atoms with Crippen LogP contribution in [0.15, 0.2) is 48.5 Å². The van der Waals surface area contributed by atoms with E-state index in [0.717, 1.165) is 18.7 Å². The van der Waals surface area contributed by atoms with Crippen molar-refractivity contribution < 1.29 is 35.9 Å². The van der Waals surface area contributed by atoms with Crippen LogP contribution in [0.3, 0.4) is 0 Å². The Labute approximate surface area is 222 Å². The Kier molecular flexibility index (Phi) is 8.58. The van der Waals surface area contributed by atoms with Gasteiger partial charge in [-0.05, 0) is 81.3 Å². The normalized spacial score (nSPS) is 21.7. The summed E-state index contributed by atoms with van der Waals surface area (Å²) < 4.78 is 78.7.